The molecule has 2 aliphatic rings. The van der Waals surface area contributed by atoms with Gasteiger partial charge in [0.05, 0.1) is 37.9 Å². The minimum atomic E-state index is -0.0284. The lowest BCUT2D eigenvalue weighted by Gasteiger charge is -2.26. The van der Waals surface area contributed by atoms with Gasteiger partial charge in [0.1, 0.15) is 0 Å². The van der Waals surface area contributed by atoms with Crippen LogP contribution in [-0.4, -0.2) is 60.4 Å². The summed E-state index contributed by atoms with van der Waals surface area (Å²) in [5, 5.41) is 3.96. The molecule has 0 aromatic carbocycles. The van der Waals surface area contributed by atoms with Gasteiger partial charge < -0.3 is 24.4 Å². The molecule has 3 heterocycles. The summed E-state index contributed by atoms with van der Waals surface area (Å²) in [5.41, 5.74) is 0. The Morgan fingerprint density at radius 2 is 2.00 bits per heavy atom. The van der Waals surface area contributed by atoms with Gasteiger partial charge in [0, 0.05) is 26.1 Å². The number of hydrogen-bond acceptors (Lipinski definition) is 9. The molecule has 2 fully saturated rings. The maximum atomic E-state index is 12.4. The van der Waals surface area contributed by atoms with Crippen LogP contribution in [0.3, 0.4) is 0 Å². The minimum Gasteiger partial charge on any atom is -0.442 e. The van der Waals surface area contributed by atoms with Crippen molar-refractivity contribution in [1.82, 2.24) is 15.0 Å². The van der Waals surface area contributed by atoms with Gasteiger partial charge in [-0.3, -0.25) is 4.79 Å². The smallest absolute Gasteiger partial charge is 0.229 e. The quantitative estimate of drug-likeness (QED) is 0.782. The van der Waals surface area contributed by atoms with Gasteiger partial charge in [-0.25, -0.2) is 15.0 Å². The molecule has 4 rings (SSSR count). The highest BCUT2D eigenvalue weighted by Crippen LogP contribution is 2.32. The van der Waals surface area contributed by atoms with Gasteiger partial charge in [0.15, 0.2) is 10.9 Å². The molecule has 1 saturated carbocycles. The average Bonchev–Trinajstić information content (AvgIpc) is 3.39. The first-order chi connectivity index (χ1) is 13.7. The number of amides is 1. The number of nitrogens with zero attached hydrogens (tertiary/aromatic N) is 4. The largest absolute Gasteiger partial charge is 0.442 e. The van der Waals surface area contributed by atoms with Crippen molar-refractivity contribution >= 4 is 28.3 Å². The van der Waals surface area contributed by atoms with E-state index in [1.54, 1.807) is 25.7 Å². The Balaban J connectivity index is 1.31. The molecule has 1 aliphatic heterocycles. The lowest BCUT2D eigenvalue weighted by atomic mass is 10.1. The van der Waals surface area contributed by atoms with Crippen molar-refractivity contribution in [2.45, 2.75) is 25.4 Å². The molecule has 0 spiro atoms. The van der Waals surface area contributed by atoms with Gasteiger partial charge >= 0.3 is 0 Å². The van der Waals surface area contributed by atoms with Crippen LogP contribution in [0, 0.1) is 5.92 Å². The van der Waals surface area contributed by atoms with Crippen LogP contribution in [0.5, 0.6) is 10.8 Å². The minimum absolute atomic E-state index is 0.0151. The third-order valence-electron chi connectivity index (χ3n) is 4.93. The molecule has 2 aromatic heterocycles. The van der Waals surface area contributed by atoms with E-state index in [9.17, 15) is 4.79 Å². The number of anilines is 2. The average molecular weight is 405 g/mol. The molecule has 0 bridgehead atoms. The molecule has 1 aliphatic carbocycles. The summed E-state index contributed by atoms with van der Waals surface area (Å²) in [5.74, 6) is 1.15. The summed E-state index contributed by atoms with van der Waals surface area (Å²) in [7, 11) is 1.69. The van der Waals surface area contributed by atoms with E-state index in [0.717, 1.165) is 32.4 Å². The number of nitrogens with one attached hydrogen (secondary N) is 1. The molecule has 1 amide bonds. The highest BCUT2D eigenvalue weighted by molar-refractivity contribution is 7.17. The number of rotatable bonds is 6. The van der Waals surface area contributed by atoms with Gasteiger partial charge in [-0.05, 0) is 19.3 Å². The molecule has 2 aromatic rings. The normalized spacial score (nSPS) is 22.2. The molecule has 9 nitrogen and oxygen atoms in total. The summed E-state index contributed by atoms with van der Waals surface area (Å²) < 4.78 is 16.4. The molecule has 2 atom stereocenters. The van der Waals surface area contributed by atoms with Crippen LogP contribution in [0.1, 0.15) is 19.3 Å². The Labute approximate surface area is 167 Å². The second-order valence-electron chi connectivity index (χ2n) is 6.76. The van der Waals surface area contributed by atoms with Crippen LogP contribution < -0.4 is 15.0 Å². The van der Waals surface area contributed by atoms with Crippen molar-refractivity contribution in [1.29, 1.82) is 0 Å². The number of thiazole rings is 1. The number of methoxy groups -OCH3 is 1. The molecule has 28 heavy (non-hydrogen) atoms. The fourth-order valence-corrected chi connectivity index (χ4v) is 4.06. The third-order valence-corrected chi connectivity index (χ3v) is 5.72. The van der Waals surface area contributed by atoms with Crippen molar-refractivity contribution in [2.24, 2.45) is 5.92 Å². The lowest BCUT2D eigenvalue weighted by Crippen LogP contribution is -2.37. The van der Waals surface area contributed by atoms with Crippen LogP contribution in [0.25, 0.3) is 0 Å². The van der Waals surface area contributed by atoms with Gasteiger partial charge in [-0.1, -0.05) is 11.3 Å². The number of hydrogen-bond donors (Lipinski definition) is 1. The predicted octanol–water partition coefficient (Wildman–Crippen LogP) is 2.32. The van der Waals surface area contributed by atoms with Gasteiger partial charge in [-0.2, -0.15) is 0 Å². The highest BCUT2D eigenvalue weighted by atomic mass is 32.1. The summed E-state index contributed by atoms with van der Waals surface area (Å²) in [6, 6.07) is 0. The van der Waals surface area contributed by atoms with Gasteiger partial charge in [-0.15, -0.1) is 0 Å². The Morgan fingerprint density at radius 3 is 2.71 bits per heavy atom. The number of ether oxygens (including phenoxy) is 3. The zero-order valence-corrected chi connectivity index (χ0v) is 16.5. The Morgan fingerprint density at radius 1 is 1.21 bits per heavy atom. The highest BCUT2D eigenvalue weighted by Gasteiger charge is 2.30. The van der Waals surface area contributed by atoms with E-state index < -0.39 is 0 Å². The molecule has 150 valence electrons. The van der Waals surface area contributed by atoms with Crippen molar-refractivity contribution in [3.63, 3.8) is 0 Å². The molecule has 10 heteroatoms. The van der Waals surface area contributed by atoms with Crippen LogP contribution in [-0.2, 0) is 14.3 Å². The lowest BCUT2D eigenvalue weighted by molar-refractivity contribution is -0.119. The number of carbonyl (C=O) groups excluding carboxylic acids is 1. The maximum absolute atomic E-state index is 12.4. The molecule has 1 N–H and O–H groups in total. The second kappa shape index (κ2) is 8.80. The summed E-state index contributed by atoms with van der Waals surface area (Å²) >= 11 is 1.27. The van der Waals surface area contributed by atoms with Gasteiger partial charge in [0.2, 0.25) is 16.9 Å². The Kier molecular flexibility index (Phi) is 5.98. The number of morpholine rings is 1. The zero-order chi connectivity index (χ0) is 19.3. The fourth-order valence-electron chi connectivity index (χ4n) is 3.37. The number of aromatic nitrogens is 3. The van der Waals surface area contributed by atoms with Crippen LogP contribution >= 0.6 is 11.3 Å². The van der Waals surface area contributed by atoms with Gasteiger partial charge in [0.25, 0.3) is 0 Å². The Bertz CT molecular complexity index is 794. The van der Waals surface area contributed by atoms with Crippen molar-refractivity contribution < 1.29 is 19.0 Å². The van der Waals surface area contributed by atoms with E-state index in [4.69, 9.17) is 14.2 Å². The van der Waals surface area contributed by atoms with E-state index in [0.29, 0.717) is 35.1 Å². The SMILES string of the molecule is COC1CCC(C(=O)Nc2ncc(Oc3cnc(N4CCOCC4)nc3)s2)C1. The molecular formula is C18H23N5O4S. The van der Waals surface area contributed by atoms with Crippen LogP contribution in [0.4, 0.5) is 11.1 Å². The molecular weight excluding hydrogens is 382 g/mol. The summed E-state index contributed by atoms with van der Waals surface area (Å²) in [4.78, 5) is 27.4. The topological polar surface area (TPSA) is 98.7 Å². The summed E-state index contributed by atoms with van der Waals surface area (Å²) in [6.07, 6.45) is 7.55. The molecule has 2 unspecified atom stereocenters. The van der Waals surface area contributed by atoms with E-state index >= 15 is 0 Å². The second-order valence-corrected chi connectivity index (χ2v) is 7.75. The van der Waals surface area contributed by atoms with E-state index in [-0.39, 0.29) is 17.9 Å². The van der Waals surface area contributed by atoms with Crippen molar-refractivity contribution in [3.8, 4) is 10.8 Å². The zero-order valence-electron chi connectivity index (χ0n) is 15.7. The first-order valence-corrected chi connectivity index (χ1v) is 10.1. The Hall–Kier alpha value is -2.30. The first-order valence-electron chi connectivity index (χ1n) is 9.33. The maximum Gasteiger partial charge on any atom is 0.229 e. The van der Waals surface area contributed by atoms with E-state index in [1.807, 2.05) is 0 Å². The van der Waals surface area contributed by atoms with E-state index in [1.165, 1.54) is 11.3 Å². The third kappa shape index (κ3) is 4.57. The van der Waals surface area contributed by atoms with Crippen LogP contribution in [0.15, 0.2) is 18.6 Å². The molecule has 1 saturated heterocycles. The summed E-state index contributed by atoms with van der Waals surface area (Å²) in [6.45, 7) is 2.93. The monoisotopic (exact) mass is 405 g/mol. The predicted molar refractivity (Wildman–Crippen MR) is 104 cm³/mol. The van der Waals surface area contributed by atoms with Crippen molar-refractivity contribution in [2.75, 3.05) is 43.6 Å². The molecule has 0 radical (unpaired) electrons. The van der Waals surface area contributed by atoms with E-state index in [2.05, 4.69) is 25.2 Å². The first kappa shape index (κ1) is 19.0. The van der Waals surface area contributed by atoms with Crippen LogP contribution in [0.2, 0.25) is 0 Å². The fraction of sp³-hybridized carbons (Fsp3) is 0.556. The van der Waals surface area contributed by atoms with Crippen molar-refractivity contribution in [3.05, 3.63) is 18.6 Å². The standard InChI is InChI=1S/C18H23N5O4S/c1-25-13-3-2-12(8-13)16(24)22-18-21-11-15(28-18)27-14-9-19-17(20-10-14)23-4-6-26-7-5-23/h9-13H,2-8H2,1H3,(H,21,22,24). The number of carbonyl (C=O) groups is 1.